The van der Waals surface area contributed by atoms with Crippen LogP contribution in [0.3, 0.4) is 0 Å². The maximum atomic E-state index is 15.4. The number of hydrogen-bond donors (Lipinski definition) is 1. The van der Waals surface area contributed by atoms with Gasteiger partial charge in [0.15, 0.2) is 9.84 Å². The lowest BCUT2D eigenvalue weighted by Gasteiger charge is -2.31. The van der Waals surface area contributed by atoms with Crippen molar-refractivity contribution < 1.29 is 40.3 Å². The summed E-state index contributed by atoms with van der Waals surface area (Å²) in [5, 5.41) is 2.57. The second-order valence-corrected chi connectivity index (χ2v) is 13.7. The van der Waals surface area contributed by atoms with Crippen LogP contribution >= 0.6 is 11.6 Å². The molecule has 0 amide bonds. The summed E-state index contributed by atoms with van der Waals surface area (Å²) in [5.41, 5.74) is -0.533. The number of sulfone groups is 2. The number of carbonyl (C=O) groups excluding carboxylic acids is 2. The Balaban J connectivity index is 1.55. The Bertz CT molecular complexity index is 1870. The quantitative estimate of drug-likeness (QED) is 0.312. The molecule has 0 saturated heterocycles. The van der Waals surface area contributed by atoms with Gasteiger partial charge in [-0.3, -0.25) is 0 Å². The summed E-state index contributed by atoms with van der Waals surface area (Å²) in [7, 11) is -8.81. The maximum absolute atomic E-state index is 15.4. The Morgan fingerprint density at radius 1 is 0.881 bits per heavy atom. The zero-order valence-electron chi connectivity index (χ0n) is 22.0. The van der Waals surface area contributed by atoms with E-state index in [-0.39, 0.29) is 34.2 Å². The van der Waals surface area contributed by atoms with Crippen molar-refractivity contribution in [2.24, 2.45) is 0 Å². The van der Waals surface area contributed by atoms with E-state index in [0.29, 0.717) is 5.56 Å². The Labute approximate surface area is 246 Å². The number of ether oxygens (including phenoxy) is 2. The minimum Gasteiger partial charge on any atom is -0.459 e. The van der Waals surface area contributed by atoms with E-state index in [1.807, 2.05) is 0 Å². The predicted octanol–water partition coefficient (Wildman–Crippen LogP) is 4.31. The fraction of sp³-hybridized carbons (Fsp3) is 0.172. The van der Waals surface area contributed by atoms with Crippen LogP contribution in [0.1, 0.15) is 28.8 Å². The molecule has 13 heteroatoms. The Morgan fingerprint density at radius 3 is 2.17 bits per heavy atom. The lowest BCUT2D eigenvalue weighted by molar-refractivity contribution is -0.140. The molecule has 3 aromatic rings. The molecule has 0 aromatic heterocycles. The van der Waals surface area contributed by atoms with E-state index >= 15 is 4.39 Å². The van der Waals surface area contributed by atoms with Crippen molar-refractivity contribution in [3.8, 4) is 0 Å². The van der Waals surface area contributed by atoms with E-state index < -0.39 is 70.4 Å². The van der Waals surface area contributed by atoms with Gasteiger partial charge in [-0.25, -0.2) is 30.8 Å². The standard InChI is InChI=1S/C29H23ClFNO8S2/c1-17-24(29(34)40-15-14-39-28(33)18-8-3-2-4-9-18)26(25-19(30)10-7-11-20(25)31)27-21(32-17)16-41(35,36)22-12-5-6-13-23(22)42(27,37)38/h2-13,26,32H,14-16H2,1H3. The molecule has 1 unspecified atom stereocenters. The number of benzene rings is 3. The average Bonchev–Trinajstić information content (AvgIpc) is 3.01. The first-order valence-corrected chi connectivity index (χ1v) is 16.1. The molecular weight excluding hydrogens is 609 g/mol. The van der Waals surface area contributed by atoms with Crippen LogP contribution in [0.15, 0.2) is 104 Å². The highest BCUT2D eigenvalue weighted by molar-refractivity contribution is 7.97. The zero-order chi connectivity index (χ0) is 30.2. The van der Waals surface area contributed by atoms with E-state index in [4.69, 9.17) is 21.1 Å². The van der Waals surface area contributed by atoms with Crippen molar-refractivity contribution in [1.29, 1.82) is 0 Å². The molecule has 2 aliphatic rings. The number of fused-ring (bicyclic) bond motifs is 1. The van der Waals surface area contributed by atoms with Gasteiger partial charge in [0.1, 0.15) is 19.0 Å². The van der Waals surface area contributed by atoms with Gasteiger partial charge in [0.05, 0.1) is 37.5 Å². The van der Waals surface area contributed by atoms with Gasteiger partial charge in [0, 0.05) is 22.0 Å². The SMILES string of the molecule is CC1=C(C(=O)OCCOC(=O)c2ccccc2)C(c2c(F)cccc2Cl)C2=C(CS(=O)(=O)c3ccccc3S2(=O)=O)N1. The molecule has 5 rings (SSSR count). The van der Waals surface area contributed by atoms with Crippen LogP contribution in [0.5, 0.6) is 0 Å². The summed E-state index contributed by atoms with van der Waals surface area (Å²) in [6.07, 6.45) is 0. The fourth-order valence-corrected chi connectivity index (χ4v) is 9.27. The van der Waals surface area contributed by atoms with Crippen LogP contribution in [-0.4, -0.2) is 47.7 Å². The van der Waals surface area contributed by atoms with Crippen molar-refractivity contribution in [3.05, 3.63) is 117 Å². The molecule has 0 aliphatic carbocycles. The van der Waals surface area contributed by atoms with Crippen molar-refractivity contribution in [2.75, 3.05) is 19.0 Å². The van der Waals surface area contributed by atoms with E-state index in [0.717, 1.165) is 12.1 Å². The van der Waals surface area contributed by atoms with Gasteiger partial charge in [-0.15, -0.1) is 0 Å². The average molecular weight is 632 g/mol. The highest BCUT2D eigenvalue weighted by Gasteiger charge is 2.47. The molecule has 0 radical (unpaired) electrons. The Hall–Kier alpha value is -4.00. The molecule has 0 bridgehead atoms. The number of nitrogens with one attached hydrogen (secondary N) is 1. The maximum Gasteiger partial charge on any atom is 0.338 e. The second-order valence-electron chi connectivity index (χ2n) is 9.42. The smallest absolute Gasteiger partial charge is 0.338 e. The van der Waals surface area contributed by atoms with Gasteiger partial charge >= 0.3 is 11.9 Å². The highest BCUT2D eigenvalue weighted by atomic mass is 35.5. The molecule has 2 heterocycles. The third kappa shape index (κ3) is 5.33. The summed E-state index contributed by atoms with van der Waals surface area (Å²) in [5.74, 6) is -5.00. The van der Waals surface area contributed by atoms with Gasteiger partial charge in [0.2, 0.25) is 9.84 Å². The van der Waals surface area contributed by atoms with Crippen LogP contribution in [0.25, 0.3) is 0 Å². The van der Waals surface area contributed by atoms with Crippen LogP contribution in [0, 0.1) is 5.82 Å². The minimum atomic E-state index is -4.64. The molecule has 0 fully saturated rings. The highest BCUT2D eigenvalue weighted by Crippen LogP contribution is 2.48. The third-order valence-electron chi connectivity index (χ3n) is 6.76. The number of carbonyl (C=O) groups is 2. The van der Waals surface area contributed by atoms with Gasteiger partial charge in [-0.2, -0.15) is 0 Å². The topological polar surface area (TPSA) is 133 Å². The lowest BCUT2D eigenvalue weighted by atomic mass is 9.86. The van der Waals surface area contributed by atoms with Gasteiger partial charge < -0.3 is 14.8 Å². The Kier molecular flexibility index (Phi) is 7.97. The predicted molar refractivity (Wildman–Crippen MR) is 150 cm³/mol. The molecule has 3 aromatic carbocycles. The molecule has 42 heavy (non-hydrogen) atoms. The summed E-state index contributed by atoms with van der Waals surface area (Å²) in [6, 6.07) is 16.9. The van der Waals surface area contributed by atoms with Crippen molar-refractivity contribution >= 4 is 43.2 Å². The van der Waals surface area contributed by atoms with E-state index in [9.17, 15) is 26.4 Å². The molecular formula is C29H23ClFNO8S2. The van der Waals surface area contributed by atoms with Crippen LogP contribution in [-0.2, 0) is 33.9 Å². The number of rotatable bonds is 6. The van der Waals surface area contributed by atoms with Crippen molar-refractivity contribution in [3.63, 3.8) is 0 Å². The molecule has 0 spiro atoms. The summed E-state index contributed by atoms with van der Waals surface area (Å²) < 4.78 is 80.8. The summed E-state index contributed by atoms with van der Waals surface area (Å²) in [6.45, 7) is 0.693. The fourth-order valence-electron chi connectivity index (χ4n) is 4.95. The molecule has 9 nitrogen and oxygen atoms in total. The number of esters is 2. The number of halogens is 2. The van der Waals surface area contributed by atoms with Gasteiger partial charge in [0.25, 0.3) is 0 Å². The van der Waals surface area contributed by atoms with E-state index in [1.165, 1.54) is 37.3 Å². The molecule has 218 valence electrons. The van der Waals surface area contributed by atoms with Gasteiger partial charge in [-0.1, -0.05) is 48.0 Å². The number of dihydropyridines is 1. The van der Waals surface area contributed by atoms with E-state index in [2.05, 4.69) is 5.32 Å². The summed E-state index contributed by atoms with van der Waals surface area (Å²) >= 11 is 6.39. The molecule has 0 saturated carbocycles. The second kappa shape index (κ2) is 11.3. The zero-order valence-corrected chi connectivity index (χ0v) is 24.4. The minimum absolute atomic E-state index is 0.0423. The van der Waals surface area contributed by atoms with Crippen LogP contribution in [0.2, 0.25) is 5.02 Å². The van der Waals surface area contributed by atoms with Crippen molar-refractivity contribution in [1.82, 2.24) is 5.32 Å². The number of hydrogen-bond acceptors (Lipinski definition) is 9. The first-order valence-electron chi connectivity index (χ1n) is 12.5. The molecule has 1 atom stereocenters. The Morgan fingerprint density at radius 2 is 1.50 bits per heavy atom. The molecule has 2 aliphatic heterocycles. The first kappa shape index (κ1) is 29.5. The monoisotopic (exact) mass is 631 g/mol. The van der Waals surface area contributed by atoms with Crippen molar-refractivity contribution in [2.45, 2.75) is 22.6 Å². The lowest BCUT2D eigenvalue weighted by Crippen LogP contribution is -2.34. The van der Waals surface area contributed by atoms with Crippen LogP contribution in [0.4, 0.5) is 4.39 Å². The number of allylic oxidation sites excluding steroid dienone is 2. The summed E-state index contributed by atoms with van der Waals surface area (Å²) in [4.78, 5) is 24.3. The van der Waals surface area contributed by atoms with Gasteiger partial charge in [-0.05, 0) is 43.3 Å². The first-order chi connectivity index (χ1) is 19.9. The van der Waals surface area contributed by atoms with Crippen LogP contribution < -0.4 is 5.32 Å². The largest absolute Gasteiger partial charge is 0.459 e. The third-order valence-corrected chi connectivity index (χ3v) is 10.9. The molecule has 1 N–H and O–H groups in total. The normalized spacial score (nSPS) is 18.7. The van der Waals surface area contributed by atoms with E-state index in [1.54, 1.807) is 30.3 Å².